The molecule has 110 valence electrons. The predicted octanol–water partition coefficient (Wildman–Crippen LogP) is 5.46. The van der Waals surface area contributed by atoms with Crippen LogP contribution in [0.4, 0.5) is 0 Å². The van der Waals surface area contributed by atoms with Gasteiger partial charge in [-0.25, -0.2) is 0 Å². The van der Waals surface area contributed by atoms with Crippen LogP contribution >= 0.6 is 28.5 Å². The molecular formula is C14H25O2PS2. The van der Waals surface area contributed by atoms with E-state index in [0.29, 0.717) is 22.3 Å². The molecule has 1 saturated heterocycles. The van der Waals surface area contributed by atoms with Crippen molar-refractivity contribution in [3.63, 3.8) is 0 Å². The van der Waals surface area contributed by atoms with E-state index < -0.39 is 5.77 Å². The van der Waals surface area contributed by atoms with E-state index in [1.165, 1.54) is 87.0 Å². The minimum Gasteiger partial charge on any atom is -0.329 e. The SMILES string of the molecule is O=P1(O)SC(C2CCCCC2)C(C2CCCCC2)S1. The summed E-state index contributed by atoms with van der Waals surface area (Å²) in [6.07, 6.45) is 13.2. The summed E-state index contributed by atoms with van der Waals surface area (Å²) in [7, 11) is 0. The average Bonchev–Trinajstić information content (AvgIpc) is 2.77. The Bertz CT molecular complexity index is 321. The van der Waals surface area contributed by atoms with Crippen LogP contribution in [-0.4, -0.2) is 15.4 Å². The molecule has 0 aromatic rings. The molecule has 0 bridgehead atoms. The second kappa shape index (κ2) is 6.34. The van der Waals surface area contributed by atoms with Crippen LogP contribution in [0.3, 0.4) is 0 Å². The number of rotatable bonds is 2. The van der Waals surface area contributed by atoms with Crippen LogP contribution in [0.2, 0.25) is 0 Å². The van der Waals surface area contributed by atoms with E-state index in [2.05, 4.69) is 0 Å². The Labute approximate surface area is 124 Å². The highest BCUT2D eigenvalue weighted by Crippen LogP contribution is 2.78. The van der Waals surface area contributed by atoms with Crippen molar-refractivity contribution in [1.29, 1.82) is 0 Å². The minimum atomic E-state index is -2.96. The molecule has 2 aliphatic carbocycles. The highest BCUT2D eigenvalue weighted by molar-refractivity contribution is 8.90. The lowest BCUT2D eigenvalue weighted by atomic mass is 9.79. The lowest BCUT2D eigenvalue weighted by Gasteiger charge is -2.35. The maximum atomic E-state index is 12.2. The fourth-order valence-corrected chi connectivity index (χ4v) is 13.2. The molecule has 2 nitrogen and oxygen atoms in total. The third-order valence-corrected chi connectivity index (χ3v) is 12.2. The molecule has 1 heterocycles. The predicted molar refractivity (Wildman–Crippen MR) is 85.7 cm³/mol. The van der Waals surface area contributed by atoms with E-state index >= 15 is 0 Å². The zero-order chi connectivity index (χ0) is 13.3. The van der Waals surface area contributed by atoms with E-state index in [9.17, 15) is 9.46 Å². The fourth-order valence-electron chi connectivity index (χ4n) is 4.09. The summed E-state index contributed by atoms with van der Waals surface area (Å²) < 4.78 is 12.2. The molecule has 0 spiro atoms. The second-order valence-electron chi connectivity index (χ2n) is 6.40. The van der Waals surface area contributed by atoms with Crippen molar-refractivity contribution in [2.45, 2.75) is 74.7 Å². The van der Waals surface area contributed by atoms with Crippen LogP contribution in [0.15, 0.2) is 0 Å². The first-order valence-corrected chi connectivity index (χ1v) is 12.5. The van der Waals surface area contributed by atoms with Gasteiger partial charge in [0, 0.05) is 10.5 Å². The van der Waals surface area contributed by atoms with Gasteiger partial charge in [-0.05, 0) is 37.5 Å². The number of hydrogen-bond donors (Lipinski definition) is 1. The molecule has 19 heavy (non-hydrogen) atoms. The molecule has 2 unspecified atom stereocenters. The normalized spacial score (nSPS) is 42.6. The fraction of sp³-hybridized carbons (Fsp3) is 1.00. The first kappa shape index (κ1) is 14.8. The van der Waals surface area contributed by atoms with Gasteiger partial charge in [0.2, 0.25) is 0 Å². The Kier molecular flexibility index (Phi) is 4.94. The van der Waals surface area contributed by atoms with Gasteiger partial charge in [-0.15, -0.1) is 0 Å². The zero-order valence-corrected chi connectivity index (χ0v) is 14.0. The van der Waals surface area contributed by atoms with Gasteiger partial charge in [-0.3, -0.25) is 4.57 Å². The monoisotopic (exact) mass is 320 g/mol. The third kappa shape index (κ3) is 3.56. The lowest BCUT2D eigenvalue weighted by molar-refractivity contribution is 0.290. The van der Waals surface area contributed by atoms with Gasteiger partial charge in [0.1, 0.15) is 0 Å². The van der Waals surface area contributed by atoms with Crippen LogP contribution in [0.25, 0.3) is 0 Å². The summed E-state index contributed by atoms with van der Waals surface area (Å²) >= 11 is 2.90. The summed E-state index contributed by atoms with van der Waals surface area (Å²) in [6, 6.07) is 0. The van der Waals surface area contributed by atoms with E-state index in [4.69, 9.17) is 0 Å². The van der Waals surface area contributed by atoms with Crippen LogP contribution < -0.4 is 0 Å². The first-order chi connectivity index (χ1) is 9.16. The molecular weight excluding hydrogens is 295 g/mol. The average molecular weight is 320 g/mol. The summed E-state index contributed by atoms with van der Waals surface area (Å²) in [6.45, 7) is 0. The molecule has 2 atom stereocenters. The Morgan fingerprint density at radius 2 is 1.11 bits per heavy atom. The molecule has 1 N–H and O–H groups in total. The molecule has 0 amide bonds. The Hall–Kier alpha value is 0.890. The molecule has 5 heteroatoms. The maximum Gasteiger partial charge on any atom is 0.311 e. The summed E-state index contributed by atoms with van der Waals surface area (Å²) in [5, 5.41) is 0.925. The molecule has 1 aliphatic heterocycles. The smallest absolute Gasteiger partial charge is 0.311 e. The third-order valence-electron chi connectivity index (χ3n) is 5.06. The molecule has 3 aliphatic rings. The van der Waals surface area contributed by atoms with Crippen molar-refractivity contribution >= 4 is 28.5 Å². The topological polar surface area (TPSA) is 37.3 Å². The van der Waals surface area contributed by atoms with Crippen molar-refractivity contribution in [3.05, 3.63) is 0 Å². The van der Waals surface area contributed by atoms with Gasteiger partial charge in [-0.2, -0.15) is 0 Å². The van der Waals surface area contributed by atoms with Crippen molar-refractivity contribution in [3.8, 4) is 0 Å². The Balaban J connectivity index is 1.72. The van der Waals surface area contributed by atoms with Crippen molar-refractivity contribution in [2.75, 3.05) is 0 Å². The summed E-state index contributed by atoms with van der Waals surface area (Å²) in [5.74, 6) is -1.54. The lowest BCUT2D eigenvalue weighted by Crippen LogP contribution is -2.33. The maximum absolute atomic E-state index is 12.2. The second-order valence-corrected chi connectivity index (χ2v) is 13.8. The van der Waals surface area contributed by atoms with Crippen molar-refractivity contribution < 1.29 is 9.46 Å². The summed E-state index contributed by atoms with van der Waals surface area (Å²) in [4.78, 5) is 10.1. The van der Waals surface area contributed by atoms with Crippen LogP contribution in [0.1, 0.15) is 64.2 Å². The van der Waals surface area contributed by atoms with E-state index in [1.807, 2.05) is 0 Å². The van der Waals surface area contributed by atoms with E-state index in [0.717, 1.165) is 0 Å². The van der Waals surface area contributed by atoms with Crippen molar-refractivity contribution in [1.82, 2.24) is 0 Å². The molecule has 2 saturated carbocycles. The van der Waals surface area contributed by atoms with Gasteiger partial charge in [0.15, 0.2) is 0 Å². The van der Waals surface area contributed by atoms with Crippen LogP contribution in [0, 0.1) is 11.8 Å². The van der Waals surface area contributed by atoms with Gasteiger partial charge < -0.3 is 4.89 Å². The van der Waals surface area contributed by atoms with Gasteiger partial charge in [0.05, 0.1) is 0 Å². The summed E-state index contributed by atoms with van der Waals surface area (Å²) in [5.41, 5.74) is 0. The number of hydrogen-bond acceptors (Lipinski definition) is 3. The highest BCUT2D eigenvalue weighted by Gasteiger charge is 2.49. The Morgan fingerprint density at radius 3 is 1.47 bits per heavy atom. The van der Waals surface area contributed by atoms with Crippen molar-refractivity contribution in [2.24, 2.45) is 11.8 Å². The molecule has 0 radical (unpaired) electrons. The molecule has 0 aromatic heterocycles. The van der Waals surface area contributed by atoms with Gasteiger partial charge in [0.25, 0.3) is 0 Å². The van der Waals surface area contributed by atoms with Crippen LogP contribution in [0.5, 0.6) is 0 Å². The largest absolute Gasteiger partial charge is 0.329 e. The molecule has 3 fully saturated rings. The molecule has 3 rings (SSSR count). The Morgan fingerprint density at radius 1 is 0.737 bits per heavy atom. The minimum absolute atomic E-state index is 0.462. The highest BCUT2D eigenvalue weighted by atomic mass is 33.1. The van der Waals surface area contributed by atoms with Gasteiger partial charge in [-0.1, -0.05) is 61.3 Å². The van der Waals surface area contributed by atoms with Gasteiger partial charge >= 0.3 is 5.77 Å². The van der Waals surface area contributed by atoms with Crippen LogP contribution in [-0.2, 0) is 4.57 Å². The van der Waals surface area contributed by atoms with E-state index in [1.54, 1.807) is 0 Å². The first-order valence-electron chi connectivity index (χ1n) is 7.85. The standard InChI is InChI=1S/C14H25O2PS2/c15-17(16)18-13(11-7-3-1-4-8-11)14(19-17)12-9-5-2-6-10-12/h11-14H,1-10H2,(H,15,16). The van der Waals surface area contributed by atoms with E-state index in [-0.39, 0.29) is 0 Å². The zero-order valence-electron chi connectivity index (χ0n) is 11.5. The quantitative estimate of drug-likeness (QED) is 0.685. The molecule has 0 aromatic carbocycles.